The van der Waals surface area contributed by atoms with Crippen molar-refractivity contribution in [2.24, 2.45) is 0 Å². The zero-order chi connectivity index (χ0) is 20.4. The van der Waals surface area contributed by atoms with Gasteiger partial charge in [-0.2, -0.15) is 0 Å². The molecule has 3 heterocycles. The molecule has 0 radical (unpaired) electrons. The quantitative estimate of drug-likeness (QED) is 0.395. The number of hydrogen-bond acceptors (Lipinski definition) is 7. The number of anilines is 1. The largest absolute Gasteiger partial charge is 0.507 e. The number of aromatic nitrogens is 2. The van der Waals surface area contributed by atoms with Gasteiger partial charge in [-0.3, -0.25) is 19.5 Å². The number of ketones is 1. The van der Waals surface area contributed by atoms with Crippen molar-refractivity contribution in [3.63, 3.8) is 0 Å². The average Bonchev–Trinajstić information content (AvgIpc) is 3.36. The second kappa shape index (κ2) is 7.84. The van der Waals surface area contributed by atoms with Crippen molar-refractivity contribution in [2.45, 2.75) is 13.0 Å². The molecule has 3 aromatic rings. The SMILES string of the molecule is CCOc1ccc(C2C(=C(O)c3ccncc3)C(=O)C(=O)N2c2nccs2)cc1. The summed E-state index contributed by atoms with van der Waals surface area (Å²) in [6, 6.07) is 9.47. The van der Waals surface area contributed by atoms with E-state index in [1.165, 1.54) is 28.6 Å². The Kier molecular flexibility index (Phi) is 5.09. The van der Waals surface area contributed by atoms with Crippen LogP contribution in [0.25, 0.3) is 5.76 Å². The van der Waals surface area contributed by atoms with Gasteiger partial charge in [0.25, 0.3) is 5.78 Å². The lowest BCUT2D eigenvalue weighted by Gasteiger charge is -2.23. The van der Waals surface area contributed by atoms with E-state index < -0.39 is 17.7 Å². The van der Waals surface area contributed by atoms with Gasteiger partial charge in [0, 0.05) is 29.5 Å². The molecule has 1 fully saturated rings. The first kappa shape index (κ1) is 18.8. The fraction of sp³-hybridized carbons (Fsp3) is 0.143. The molecule has 0 spiro atoms. The minimum Gasteiger partial charge on any atom is -0.507 e. The molecule has 8 heteroatoms. The number of hydrogen-bond donors (Lipinski definition) is 1. The lowest BCUT2D eigenvalue weighted by atomic mass is 9.95. The Bertz CT molecular complexity index is 1060. The minimum absolute atomic E-state index is 0.0144. The summed E-state index contributed by atoms with van der Waals surface area (Å²) in [5.41, 5.74) is 1.09. The zero-order valence-electron chi connectivity index (χ0n) is 15.5. The first-order valence-electron chi connectivity index (χ1n) is 8.95. The molecule has 1 unspecified atom stereocenters. The Labute approximate surface area is 170 Å². The van der Waals surface area contributed by atoms with Crippen LogP contribution in [0.15, 0.2) is 65.9 Å². The molecule has 0 aliphatic carbocycles. The lowest BCUT2D eigenvalue weighted by molar-refractivity contribution is -0.132. The van der Waals surface area contributed by atoms with E-state index in [0.29, 0.717) is 28.6 Å². The van der Waals surface area contributed by atoms with Gasteiger partial charge in [-0.15, -0.1) is 11.3 Å². The third-order valence-corrected chi connectivity index (χ3v) is 5.30. The number of amides is 1. The van der Waals surface area contributed by atoms with E-state index in [9.17, 15) is 14.7 Å². The second-order valence-electron chi connectivity index (χ2n) is 6.22. The molecule has 0 bridgehead atoms. The average molecular weight is 407 g/mol. The summed E-state index contributed by atoms with van der Waals surface area (Å²) in [7, 11) is 0. The highest BCUT2D eigenvalue weighted by Gasteiger charge is 2.47. The van der Waals surface area contributed by atoms with Crippen LogP contribution in [-0.4, -0.2) is 33.4 Å². The normalized spacial score (nSPS) is 18.2. The van der Waals surface area contributed by atoms with Crippen LogP contribution in [0.3, 0.4) is 0 Å². The van der Waals surface area contributed by atoms with Crippen molar-refractivity contribution in [1.29, 1.82) is 0 Å². The predicted octanol–water partition coefficient (Wildman–Crippen LogP) is 3.56. The monoisotopic (exact) mass is 407 g/mol. The van der Waals surface area contributed by atoms with Crippen molar-refractivity contribution in [1.82, 2.24) is 9.97 Å². The summed E-state index contributed by atoms with van der Waals surface area (Å²) in [5.74, 6) is -1.05. The molecule has 1 atom stereocenters. The Balaban J connectivity index is 1.88. The van der Waals surface area contributed by atoms with Gasteiger partial charge >= 0.3 is 5.91 Å². The highest BCUT2D eigenvalue weighted by Crippen LogP contribution is 2.42. The standard InChI is InChI=1S/C21H17N3O4S/c1-2-28-15-5-3-13(4-6-15)17-16(18(25)14-7-9-22-10-8-14)19(26)20(27)24(17)21-23-11-12-29-21/h3-12,17,25H,2H2,1H3. The van der Waals surface area contributed by atoms with Gasteiger partial charge in [0.05, 0.1) is 18.2 Å². The van der Waals surface area contributed by atoms with Crippen LogP contribution < -0.4 is 9.64 Å². The predicted molar refractivity (Wildman–Crippen MR) is 109 cm³/mol. The van der Waals surface area contributed by atoms with E-state index in [4.69, 9.17) is 4.74 Å². The second-order valence-corrected chi connectivity index (χ2v) is 7.09. The molecule has 4 rings (SSSR count). The van der Waals surface area contributed by atoms with Gasteiger partial charge in [0.2, 0.25) is 0 Å². The van der Waals surface area contributed by atoms with Crippen molar-refractivity contribution in [3.05, 3.63) is 77.1 Å². The number of nitrogens with zero attached hydrogens (tertiary/aromatic N) is 3. The lowest BCUT2D eigenvalue weighted by Crippen LogP contribution is -2.29. The topological polar surface area (TPSA) is 92.6 Å². The van der Waals surface area contributed by atoms with Crippen LogP contribution >= 0.6 is 11.3 Å². The van der Waals surface area contributed by atoms with Gasteiger partial charge in [-0.25, -0.2) is 4.98 Å². The first-order valence-corrected chi connectivity index (χ1v) is 9.83. The van der Waals surface area contributed by atoms with Crippen molar-refractivity contribution in [3.8, 4) is 5.75 Å². The number of Topliss-reactive ketones (excluding diaryl/α,β-unsaturated/α-hetero) is 1. The van der Waals surface area contributed by atoms with Gasteiger partial charge in [-0.1, -0.05) is 12.1 Å². The zero-order valence-corrected chi connectivity index (χ0v) is 16.3. The number of carbonyl (C=O) groups excluding carboxylic acids is 2. The van der Waals surface area contributed by atoms with Crippen LogP contribution in [0.5, 0.6) is 5.75 Å². The summed E-state index contributed by atoms with van der Waals surface area (Å²) in [5, 5.41) is 13.0. The Morgan fingerprint density at radius 3 is 2.48 bits per heavy atom. The summed E-state index contributed by atoms with van der Waals surface area (Å²) in [4.78, 5) is 35.2. The fourth-order valence-electron chi connectivity index (χ4n) is 3.26. The van der Waals surface area contributed by atoms with E-state index in [1.54, 1.807) is 48.0 Å². The number of pyridine rings is 1. The maximum atomic E-state index is 12.9. The van der Waals surface area contributed by atoms with Crippen LogP contribution in [0.4, 0.5) is 5.13 Å². The molecule has 1 aliphatic heterocycles. The molecule has 1 aliphatic rings. The number of carbonyl (C=O) groups is 2. The van der Waals surface area contributed by atoms with Gasteiger partial charge in [0.1, 0.15) is 11.5 Å². The first-order chi connectivity index (χ1) is 14.1. The molecule has 146 valence electrons. The van der Waals surface area contributed by atoms with Gasteiger partial charge in [0.15, 0.2) is 5.13 Å². The van der Waals surface area contributed by atoms with Crippen molar-refractivity contribution in [2.75, 3.05) is 11.5 Å². The van der Waals surface area contributed by atoms with Gasteiger partial charge in [-0.05, 0) is 36.8 Å². The Morgan fingerprint density at radius 1 is 1.14 bits per heavy atom. The highest BCUT2D eigenvalue weighted by molar-refractivity contribution is 7.14. The number of ether oxygens (including phenoxy) is 1. The third-order valence-electron chi connectivity index (χ3n) is 4.53. The van der Waals surface area contributed by atoms with Crippen LogP contribution in [0.2, 0.25) is 0 Å². The molecule has 2 aromatic heterocycles. The summed E-state index contributed by atoms with van der Waals surface area (Å²) >= 11 is 1.25. The van der Waals surface area contributed by atoms with E-state index >= 15 is 0 Å². The molecular formula is C21H17N3O4S. The summed E-state index contributed by atoms with van der Waals surface area (Å²) < 4.78 is 5.48. The number of benzene rings is 1. The number of aliphatic hydroxyl groups excluding tert-OH is 1. The third kappa shape index (κ3) is 3.38. The maximum absolute atomic E-state index is 12.9. The van der Waals surface area contributed by atoms with Crippen molar-refractivity contribution >= 4 is 33.9 Å². The van der Waals surface area contributed by atoms with Crippen molar-refractivity contribution < 1.29 is 19.4 Å². The van der Waals surface area contributed by atoms with Crippen LogP contribution in [0.1, 0.15) is 24.1 Å². The summed E-state index contributed by atoms with van der Waals surface area (Å²) in [6.07, 6.45) is 4.59. The maximum Gasteiger partial charge on any atom is 0.301 e. The van der Waals surface area contributed by atoms with Crippen LogP contribution in [0, 0.1) is 0 Å². The highest BCUT2D eigenvalue weighted by atomic mass is 32.1. The minimum atomic E-state index is -0.801. The molecule has 1 saturated heterocycles. The Morgan fingerprint density at radius 2 is 1.86 bits per heavy atom. The molecule has 0 saturated carbocycles. The number of aliphatic hydroxyl groups is 1. The fourth-order valence-corrected chi connectivity index (χ4v) is 3.93. The smallest absolute Gasteiger partial charge is 0.301 e. The molecular weight excluding hydrogens is 390 g/mol. The molecule has 7 nitrogen and oxygen atoms in total. The molecule has 1 aromatic carbocycles. The van der Waals surface area contributed by atoms with E-state index in [2.05, 4.69) is 9.97 Å². The number of rotatable bonds is 5. The number of thiazole rings is 1. The molecule has 1 amide bonds. The van der Waals surface area contributed by atoms with E-state index in [0.717, 1.165) is 0 Å². The van der Waals surface area contributed by atoms with E-state index in [1.807, 2.05) is 6.92 Å². The van der Waals surface area contributed by atoms with E-state index in [-0.39, 0.29) is 11.3 Å². The molecule has 1 N–H and O–H groups in total. The Hall–Kier alpha value is -3.52. The molecule has 29 heavy (non-hydrogen) atoms. The van der Waals surface area contributed by atoms with Gasteiger partial charge < -0.3 is 9.84 Å². The summed E-state index contributed by atoms with van der Waals surface area (Å²) in [6.45, 7) is 2.42. The van der Waals surface area contributed by atoms with Crippen LogP contribution in [-0.2, 0) is 9.59 Å².